The number of methoxy groups -OCH3 is 1. The fraction of sp³-hybridized carbons (Fsp3) is 0.333. The van der Waals surface area contributed by atoms with Gasteiger partial charge in [0.1, 0.15) is 30.0 Å². The predicted octanol–water partition coefficient (Wildman–Crippen LogP) is 2.19. The van der Waals surface area contributed by atoms with Gasteiger partial charge in [0, 0.05) is 5.69 Å². The van der Waals surface area contributed by atoms with Gasteiger partial charge in [-0.1, -0.05) is 0 Å². The van der Waals surface area contributed by atoms with Gasteiger partial charge >= 0.3 is 0 Å². The normalized spacial score (nSPS) is 15.8. The van der Waals surface area contributed by atoms with Crippen molar-refractivity contribution in [3.8, 4) is 5.88 Å². The first-order valence-electron chi connectivity index (χ1n) is 8.42. The van der Waals surface area contributed by atoms with E-state index in [-0.39, 0.29) is 30.6 Å². The number of nitrogens with one attached hydrogen (secondary N) is 1. The third-order valence-corrected chi connectivity index (χ3v) is 3.61. The monoisotopic (exact) mass is 411 g/mol. The van der Waals surface area contributed by atoms with Crippen LogP contribution in [0.1, 0.15) is 16.2 Å². The first kappa shape index (κ1) is 22.1. The van der Waals surface area contributed by atoms with Crippen molar-refractivity contribution in [2.75, 3.05) is 25.6 Å². The van der Waals surface area contributed by atoms with Gasteiger partial charge in [0.05, 0.1) is 25.6 Å². The second-order valence-electron chi connectivity index (χ2n) is 5.84. The van der Waals surface area contributed by atoms with Crippen LogP contribution in [0.5, 0.6) is 5.88 Å². The maximum Gasteiger partial charge on any atom is 0.276 e. The minimum Gasteiger partial charge on any atom is -0.480 e. The van der Waals surface area contributed by atoms with E-state index < -0.39 is 18.4 Å². The maximum atomic E-state index is 12.7. The van der Waals surface area contributed by atoms with Crippen LogP contribution in [0.15, 0.2) is 35.5 Å². The van der Waals surface area contributed by atoms with E-state index in [0.717, 1.165) is 0 Å². The minimum absolute atomic E-state index is 0.0294. The number of aromatic nitrogens is 2. The van der Waals surface area contributed by atoms with Crippen molar-refractivity contribution in [1.29, 1.82) is 0 Å². The predicted molar refractivity (Wildman–Crippen MR) is 99.9 cm³/mol. The first-order chi connectivity index (χ1) is 13.8. The summed E-state index contributed by atoms with van der Waals surface area (Å²) in [6, 6.07) is 4.41. The van der Waals surface area contributed by atoms with Gasteiger partial charge in [0.25, 0.3) is 12.3 Å². The number of carbonyl (C=O) groups is 1. The number of amidine groups is 1. The number of aliphatic imine (C=N–C) groups is 1. The second kappa shape index (κ2) is 10.4. The zero-order chi connectivity index (χ0) is 21.4. The molecule has 0 saturated heterocycles. The molecular weight excluding hydrogens is 391 g/mol. The molecule has 2 aromatic rings. The molecular formula is C18H20F3N5O3. The van der Waals surface area contributed by atoms with Gasteiger partial charge in [0.2, 0.25) is 5.88 Å². The molecule has 0 spiro atoms. The van der Waals surface area contributed by atoms with Crippen molar-refractivity contribution in [3.05, 3.63) is 47.7 Å². The molecule has 0 fully saturated rings. The van der Waals surface area contributed by atoms with Gasteiger partial charge in [-0.05, 0) is 31.2 Å². The zero-order valence-electron chi connectivity index (χ0n) is 15.7. The Morgan fingerprint density at radius 3 is 2.55 bits per heavy atom. The van der Waals surface area contributed by atoms with Crippen LogP contribution in [0.2, 0.25) is 0 Å². The molecule has 3 N–H and O–H groups in total. The van der Waals surface area contributed by atoms with Crippen molar-refractivity contribution in [2.45, 2.75) is 19.4 Å². The van der Waals surface area contributed by atoms with Crippen LogP contribution < -0.4 is 15.8 Å². The highest BCUT2D eigenvalue weighted by molar-refractivity contribution is 6.03. The molecule has 1 aromatic heterocycles. The summed E-state index contributed by atoms with van der Waals surface area (Å²) in [4.78, 5) is 23.5. The number of ether oxygens (including phenoxy) is 2. The number of carbonyl (C=O) groups excluding carboxylic acids is 1. The molecule has 1 unspecified atom stereocenters. The molecule has 11 heteroatoms. The zero-order valence-corrected chi connectivity index (χ0v) is 15.7. The largest absolute Gasteiger partial charge is 0.480 e. The molecule has 8 nitrogen and oxygen atoms in total. The molecule has 3 rings (SSSR count). The third kappa shape index (κ3) is 6.71. The fourth-order valence-electron chi connectivity index (χ4n) is 2.21. The summed E-state index contributed by atoms with van der Waals surface area (Å²) in [6.07, 6.45) is -1.11. The summed E-state index contributed by atoms with van der Waals surface area (Å²) in [5, 5.41) is 2.61. The fourth-order valence-corrected chi connectivity index (χ4v) is 2.21. The molecule has 0 radical (unpaired) electrons. The van der Waals surface area contributed by atoms with Gasteiger partial charge in [-0.15, -0.1) is 0 Å². The SMILES string of the molecule is COc1cnc(C(=O)Nc2ccc(F)cc2)c(C)n1.NC1=NC(C(F)F)COC1. The Labute approximate surface area is 165 Å². The highest BCUT2D eigenvalue weighted by Gasteiger charge is 2.22. The molecule has 0 bridgehead atoms. The molecule has 1 aliphatic heterocycles. The Morgan fingerprint density at radius 2 is 2.03 bits per heavy atom. The lowest BCUT2D eigenvalue weighted by Crippen LogP contribution is -2.34. The molecule has 1 atom stereocenters. The van der Waals surface area contributed by atoms with E-state index in [4.69, 9.17) is 15.2 Å². The van der Waals surface area contributed by atoms with Crippen LogP contribution in [0, 0.1) is 12.7 Å². The van der Waals surface area contributed by atoms with Gasteiger partial charge in [-0.3, -0.25) is 9.79 Å². The summed E-state index contributed by atoms with van der Waals surface area (Å²) >= 11 is 0. The van der Waals surface area contributed by atoms with E-state index in [1.807, 2.05) is 0 Å². The van der Waals surface area contributed by atoms with E-state index in [2.05, 4.69) is 20.3 Å². The number of nitrogens with two attached hydrogens (primary N) is 1. The number of aryl methyl sites for hydroxylation is 1. The number of alkyl halides is 2. The van der Waals surface area contributed by atoms with Crippen molar-refractivity contribution < 1.29 is 27.4 Å². The highest BCUT2D eigenvalue weighted by Crippen LogP contribution is 2.13. The Morgan fingerprint density at radius 1 is 1.34 bits per heavy atom. The Bertz CT molecular complexity index is 862. The van der Waals surface area contributed by atoms with Crippen LogP contribution in [0.3, 0.4) is 0 Å². The number of amides is 1. The van der Waals surface area contributed by atoms with E-state index >= 15 is 0 Å². The first-order valence-corrected chi connectivity index (χ1v) is 8.42. The van der Waals surface area contributed by atoms with Crippen molar-refractivity contribution >= 4 is 17.4 Å². The lowest BCUT2D eigenvalue weighted by Gasteiger charge is -2.17. The van der Waals surface area contributed by atoms with E-state index in [1.54, 1.807) is 6.92 Å². The molecule has 1 aromatic carbocycles. The smallest absolute Gasteiger partial charge is 0.276 e. The number of rotatable bonds is 4. The number of hydrogen-bond donors (Lipinski definition) is 2. The standard InChI is InChI=1S/C13H12FN3O2.C5H8F2N2O/c1-8-12(15-7-11(16-8)19-2)13(18)17-10-5-3-9(14)4-6-10;6-5(7)3-1-10-2-4(8)9-3/h3-7H,1-2H3,(H,17,18);3,5H,1-2H2,(H2,8,9). The maximum absolute atomic E-state index is 12.7. The summed E-state index contributed by atoms with van der Waals surface area (Å²) < 4.78 is 46.1. The molecule has 29 heavy (non-hydrogen) atoms. The lowest BCUT2D eigenvalue weighted by molar-refractivity contribution is 0.0505. The molecule has 1 aliphatic rings. The highest BCUT2D eigenvalue weighted by atomic mass is 19.3. The molecule has 156 valence electrons. The van der Waals surface area contributed by atoms with Crippen LogP contribution in [-0.2, 0) is 4.74 Å². The second-order valence-corrected chi connectivity index (χ2v) is 5.84. The van der Waals surface area contributed by atoms with E-state index in [9.17, 15) is 18.0 Å². The summed E-state index contributed by atoms with van der Waals surface area (Å²) in [6.45, 7) is 1.80. The molecule has 0 saturated carbocycles. The number of nitrogens with zero attached hydrogens (tertiary/aromatic N) is 3. The molecule has 2 heterocycles. The summed E-state index contributed by atoms with van der Waals surface area (Å²) in [7, 11) is 1.47. The van der Waals surface area contributed by atoms with E-state index in [1.165, 1.54) is 37.6 Å². The summed E-state index contributed by atoms with van der Waals surface area (Å²) in [5.41, 5.74) is 6.30. The third-order valence-electron chi connectivity index (χ3n) is 3.61. The Kier molecular flexibility index (Phi) is 7.89. The van der Waals surface area contributed by atoms with Gasteiger partial charge in [-0.2, -0.15) is 0 Å². The Hall–Kier alpha value is -3.21. The van der Waals surface area contributed by atoms with Crippen molar-refractivity contribution in [2.24, 2.45) is 10.7 Å². The van der Waals surface area contributed by atoms with E-state index in [0.29, 0.717) is 17.3 Å². The molecule has 0 aliphatic carbocycles. The minimum atomic E-state index is -2.47. The van der Waals surface area contributed by atoms with Crippen LogP contribution in [0.4, 0.5) is 18.9 Å². The van der Waals surface area contributed by atoms with Crippen molar-refractivity contribution in [1.82, 2.24) is 9.97 Å². The van der Waals surface area contributed by atoms with Gasteiger partial charge < -0.3 is 20.5 Å². The van der Waals surface area contributed by atoms with Crippen LogP contribution in [-0.4, -0.2) is 54.5 Å². The van der Waals surface area contributed by atoms with Gasteiger partial charge in [0.15, 0.2) is 0 Å². The lowest BCUT2D eigenvalue weighted by atomic mass is 10.2. The summed E-state index contributed by atoms with van der Waals surface area (Å²) in [5.74, 6) is -0.273. The van der Waals surface area contributed by atoms with Crippen LogP contribution in [0.25, 0.3) is 0 Å². The quantitative estimate of drug-likeness (QED) is 0.798. The number of halogens is 3. The Balaban J connectivity index is 0.000000253. The van der Waals surface area contributed by atoms with Crippen LogP contribution >= 0.6 is 0 Å². The number of anilines is 1. The average Bonchev–Trinajstić information content (AvgIpc) is 2.70. The topological polar surface area (TPSA) is 112 Å². The average molecular weight is 411 g/mol. The molecule has 1 amide bonds. The number of hydrogen-bond acceptors (Lipinski definition) is 7. The van der Waals surface area contributed by atoms with Gasteiger partial charge in [-0.25, -0.2) is 23.1 Å². The number of benzene rings is 1. The van der Waals surface area contributed by atoms with Crippen molar-refractivity contribution in [3.63, 3.8) is 0 Å².